The van der Waals surface area contributed by atoms with Gasteiger partial charge >= 0.3 is 0 Å². The number of piperidine rings is 1. The Bertz CT molecular complexity index is 975. The predicted octanol–water partition coefficient (Wildman–Crippen LogP) is 4.99. The van der Waals surface area contributed by atoms with E-state index in [9.17, 15) is 5.26 Å². The maximum atomic E-state index is 10.2. The molecule has 4 rings (SSSR count). The van der Waals surface area contributed by atoms with Gasteiger partial charge in [-0.25, -0.2) is 0 Å². The summed E-state index contributed by atoms with van der Waals surface area (Å²) in [5.41, 5.74) is 4.11. The van der Waals surface area contributed by atoms with Crippen LogP contribution >= 0.6 is 0 Å². The molecule has 2 heterocycles. The van der Waals surface area contributed by atoms with Crippen LogP contribution in [0.15, 0.2) is 48.2 Å². The van der Waals surface area contributed by atoms with Gasteiger partial charge in [-0.1, -0.05) is 18.2 Å². The molecule has 30 heavy (non-hydrogen) atoms. The van der Waals surface area contributed by atoms with Gasteiger partial charge in [0.25, 0.3) is 0 Å². The van der Waals surface area contributed by atoms with Crippen LogP contribution in [0.2, 0.25) is 0 Å². The molecule has 0 spiro atoms. The number of methoxy groups -OCH3 is 3. The van der Waals surface area contributed by atoms with Crippen molar-refractivity contribution in [2.45, 2.75) is 37.6 Å². The summed E-state index contributed by atoms with van der Waals surface area (Å²) in [7, 11) is 4.97. The molecule has 0 amide bonds. The van der Waals surface area contributed by atoms with Crippen LogP contribution in [0.3, 0.4) is 0 Å². The molecule has 2 aromatic carbocycles. The lowest BCUT2D eigenvalue weighted by atomic mass is 9.76. The number of fused-ring (bicyclic) bond motifs is 1. The summed E-state index contributed by atoms with van der Waals surface area (Å²) in [6.45, 7) is 0.950. The summed E-state index contributed by atoms with van der Waals surface area (Å²) in [5.74, 6) is 2.36. The van der Waals surface area contributed by atoms with Gasteiger partial charge in [0.1, 0.15) is 17.5 Å². The SMILES string of the molecule is COc1ccc(C2=C(C#N)N3CCCC[C@@H]3C[C@H]2c2ccc(OC)c(OC)c2)cc1. The fraction of sp³-hybridized carbons (Fsp3) is 0.400. The Hall–Kier alpha value is -3.13. The highest BCUT2D eigenvalue weighted by Gasteiger charge is 2.37. The van der Waals surface area contributed by atoms with Crippen molar-refractivity contribution in [1.29, 1.82) is 5.26 Å². The molecule has 0 radical (unpaired) electrons. The Labute approximate surface area is 178 Å². The smallest absolute Gasteiger partial charge is 0.161 e. The zero-order valence-corrected chi connectivity index (χ0v) is 17.9. The summed E-state index contributed by atoms with van der Waals surface area (Å²) >= 11 is 0. The molecule has 0 aromatic heterocycles. The van der Waals surface area contributed by atoms with Crippen molar-refractivity contribution in [2.24, 2.45) is 0 Å². The minimum absolute atomic E-state index is 0.118. The summed E-state index contributed by atoms with van der Waals surface area (Å²) in [6, 6.07) is 17.1. The van der Waals surface area contributed by atoms with Crippen LogP contribution in [0.5, 0.6) is 17.2 Å². The molecule has 5 heteroatoms. The first-order valence-electron chi connectivity index (χ1n) is 10.5. The Morgan fingerprint density at radius 3 is 2.37 bits per heavy atom. The number of benzene rings is 2. The monoisotopic (exact) mass is 404 g/mol. The lowest BCUT2D eigenvalue weighted by molar-refractivity contribution is 0.177. The first-order chi connectivity index (χ1) is 14.7. The molecule has 2 atom stereocenters. The number of ether oxygens (including phenoxy) is 3. The second kappa shape index (κ2) is 8.71. The van der Waals surface area contributed by atoms with Gasteiger partial charge in [0.05, 0.1) is 21.3 Å². The predicted molar refractivity (Wildman–Crippen MR) is 117 cm³/mol. The summed E-state index contributed by atoms with van der Waals surface area (Å²) in [5, 5.41) is 10.2. The van der Waals surface area contributed by atoms with Crippen molar-refractivity contribution in [3.63, 3.8) is 0 Å². The molecule has 156 valence electrons. The number of hydrogen-bond donors (Lipinski definition) is 0. The molecule has 2 aliphatic rings. The topological polar surface area (TPSA) is 54.7 Å². The third kappa shape index (κ3) is 3.59. The van der Waals surface area contributed by atoms with Crippen molar-refractivity contribution in [3.05, 3.63) is 59.3 Å². The standard InChI is InChI=1S/C25H28N2O3/c1-28-20-10-7-17(8-11-20)25-21(18-9-12-23(29-2)24(14-18)30-3)15-19-6-4-5-13-27(19)22(25)16-26/h7-12,14,19,21H,4-6,13,15H2,1-3H3/t19-,21+/m1/s1. The van der Waals surface area contributed by atoms with Crippen LogP contribution in [0.1, 0.15) is 42.7 Å². The molecule has 2 aliphatic heterocycles. The fourth-order valence-corrected chi connectivity index (χ4v) is 4.85. The van der Waals surface area contributed by atoms with Gasteiger partial charge in [-0.15, -0.1) is 0 Å². The van der Waals surface area contributed by atoms with Crippen molar-refractivity contribution >= 4 is 5.57 Å². The van der Waals surface area contributed by atoms with Crippen LogP contribution in [0.25, 0.3) is 5.57 Å². The van der Waals surface area contributed by atoms with Gasteiger partial charge in [0.15, 0.2) is 11.5 Å². The minimum Gasteiger partial charge on any atom is -0.497 e. The van der Waals surface area contributed by atoms with E-state index in [2.05, 4.69) is 35.2 Å². The highest BCUT2D eigenvalue weighted by molar-refractivity contribution is 5.78. The number of rotatable bonds is 5. The van der Waals surface area contributed by atoms with E-state index in [1.54, 1.807) is 21.3 Å². The van der Waals surface area contributed by atoms with E-state index in [-0.39, 0.29) is 5.92 Å². The molecule has 0 bridgehead atoms. The van der Waals surface area contributed by atoms with Crippen LogP contribution < -0.4 is 14.2 Å². The van der Waals surface area contributed by atoms with E-state index in [4.69, 9.17) is 14.2 Å². The fourth-order valence-electron chi connectivity index (χ4n) is 4.85. The van der Waals surface area contributed by atoms with Gasteiger partial charge < -0.3 is 19.1 Å². The van der Waals surface area contributed by atoms with E-state index in [0.29, 0.717) is 17.5 Å². The van der Waals surface area contributed by atoms with Crippen LogP contribution in [-0.4, -0.2) is 38.8 Å². The molecule has 1 fully saturated rings. The van der Waals surface area contributed by atoms with Gasteiger partial charge in [-0.05, 0) is 61.1 Å². The van der Waals surface area contributed by atoms with Gasteiger partial charge in [-0.3, -0.25) is 0 Å². The first-order valence-corrected chi connectivity index (χ1v) is 10.5. The maximum Gasteiger partial charge on any atom is 0.161 e. The Morgan fingerprint density at radius 1 is 0.933 bits per heavy atom. The Kier molecular flexibility index (Phi) is 5.85. The van der Waals surface area contributed by atoms with E-state index in [0.717, 1.165) is 54.0 Å². The second-order valence-electron chi connectivity index (χ2n) is 7.85. The van der Waals surface area contributed by atoms with Crippen molar-refractivity contribution in [3.8, 4) is 23.3 Å². The summed E-state index contributed by atoms with van der Waals surface area (Å²) in [6.07, 6.45) is 4.47. The normalized spacial score (nSPS) is 20.9. The lowest BCUT2D eigenvalue weighted by Crippen LogP contribution is -2.43. The van der Waals surface area contributed by atoms with Crippen LogP contribution in [0.4, 0.5) is 0 Å². The first kappa shape index (κ1) is 20.2. The van der Waals surface area contributed by atoms with E-state index in [1.807, 2.05) is 18.2 Å². The molecule has 0 aliphatic carbocycles. The number of nitriles is 1. The number of hydrogen-bond acceptors (Lipinski definition) is 5. The molecular formula is C25H28N2O3. The lowest BCUT2D eigenvalue weighted by Gasteiger charge is -2.44. The number of nitrogens with zero attached hydrogens (tertiary/aromatic N) is 2. The summed E-state index contributed by atoms with van der Waals surface area (Å²) < 4.78 is 16.3. The van der Waals surface area contributed by atoms with E-state index >= 15 is 0 Å². The minimum atomic E-state index is 0.118. The zero-order chi connectivity index (χ0) is 21.1. The van der Waals surface area contributed by atoms with Crippen LogP contribution in [-0.2, 0) is 0 Å². The van der Waals surface area contributed by atoms with Crippen molar-refractivity contribution < 1.29 is 14.2 Å². The van der Waals surface area contributed by atoms with Gasteiger partial charge in [0.2, 0.25) is 0 Å². The van der Waals surface area contributed by atoms with Crippen molar-refractivity contribution in [1.82, 2.24) is 4.90 Å². The molecule has 0 N–H and O–H groups in total. The second-order valence-corrected chi connectivity index (χ2v) is 7.85. The zero-order valence-electron chi connectivity index (χ0n) is 17.9. The molecule has 0 saturated carbocycles. The molecule has 5 nitrogen and oxygen atoms in total. The molecule has 1 saturated heterocycles. The highest BCUT2D eigenvalue weighted by atomic mass is 16.5. The van der Waals surface area contributed by atoms with Gasteiger partial charge in [-0.2, -0.15) is 5.26 Å². The van der Waals surface area contributed by atoms with Crippen LogP contribution in [0, 0.1) is 11.3 Å². The molecular weight excluding hydrogens is 376 g/mol. The average Bonchev–Trinajstić information content (AvgIpc) is 2.82. The van der Waals surface area contributed by atoms with Gasteiger partial charge in [0, 0.05) is 24.1 Å². The number of allylic oxidation sites excluding steroid dienone is 2. The largest absolute Gasteiger partial charge is 0.497 e. The maximum absolute atomic E-state index is 10.2. The third-order valence-electron chi connectivity index (χ3n) is 6.34. The summed E-state index contributed by atoms with van der Waals surface area (Å²) in [4.78, 5) is 2.33. The quantitative estimate of drug-likeness (QED) is 0.703. The van der Waals surface area contributed by atoms with E-state index in [1.165, 1.54) is 6.42 Å². The Balaban J connectivity index is 1.87. The van der Waals surface area contributed by atoms with Crippen molar-refractivity contribution in [2.75, 3.05) is 27.9 Å². The Morgan fingerprint density at radius 2 is 1.70 bits per heavy atom. The highest BCUT2D eigenvalue weighted by Crippen LogP contribution is 2.47. The molecule has 0 unspecified atom stereocenters. The molecule has 2 aromatic rings. The third-order valence-corrected chi connectivity index (χ3v) is 6.34. The average molecular weight is 405 g/mol. The van der Waals surface area contributed by atoms with E-state index < -0.39 is 0 Å².